The van der Waals surface area contributed by atoms with Gasteiger partial charge in [0.1, 0.15) is 11.5 Å². The number of halogens is 1. The maximum absolute atomic E-state index is 13.7. The van der Waals surface area contributed by atoms with Gasteiger partial charge >= 0.3 is 0 Å². The van der Waals surface area contributed by atoms with Gasteiger partial charge in [0, 0.05) is 11.6 Å². The highest BCUT2D eigenvalue weighted by atomic mass is 79.9. The standard InChI is InChI=1S/C26H19BrN2O3S/c1-31-17-7-4-6-16(13-17)24-20-11-9-15-5-2-3-8-19(15)23(20)28-26-29(24)25(30)21(33-26)14-18-10-12-22(27)32-18/h2-8,10,12-14,24H,9,11H2,1H3/b21-14+/t24-/m1/s1. The minimum atomic E-state index is -0.231. The SMILES string of the molecule is COc1cccc([C@@H]2C3=C(N=c4s/c(=C/c5ccc(Br)o5)c(=O)n42)c2ccccc2CC3)c1. The molecule has 2 aliphatic rings. The molecule has 0 fully saturated rings. The number of hydrogen-bond donors (Lipinski definition) is 0. The number of rotatable bonds is 3. The van der Waals surface area contributed by atoms with Crippen molar-refractivity contribution < 1.29 is 9.15 Å². The fourth-order valence-electron chi connectivity index (χ4n) is 4.67. The van der Waals surface area contributed by atoms with Gasteiger partial charge in [-0.05, 0) is 69.7 Å². The van der Waals surface area contributed by atoms with Crippen LogP contribution in [0.15, 0.2) is 85.1 Å². The molecule has 0 spiro atoms. The summed E-state index contributed by atoms with van der Waals surface area (Å²) in [5, 5.41) is 0. The van der Waals surface area contributed by atoms with Crippen molar-refractivity contribution >= 4 is 39.0 Å². The molecule has 0 saturated heterocycles. The Bertz CT molecular complexity index is 1610. The molecule has 0 unspecified atom stereocenters. The first-order chi connectivity index (χ1) is 16.1. The van der Waals surface area contributed by atoms with Crippen molar-refractivity contribution in [3.05, 3.63) is 113 Å². The van der Waals surface area contributed by atoms with Gasteiger partial charge in [0.15, 0.2) is 9.47 Å². The molecule has 7 heteroatoms. The highest BCUT2D eigenvalue weighted by Crippen LogP contribution is 2.41. The lowest BCUT2D eigenvalue weighted by Gasteiger charge is -2.31. The number of allylic oxidation sites excluding steroid dienone is 1. The van der Waals surface area contributed by atoms with Crippen LogP contribution in [-0.2, 0) is 6.42 Å². The molecule has 1 aliphatic carbocycles. The quantitative estimate of drug-likeness (QED) is 0.395. The first-order valence-corrected chi connectivity index (χ1v) is 12.3. The van der Waals surface area contributed by atoms with Gasteiger partial charge in [-0.15, -0.1) is 0 Å². The van der Waals surface area contributed by atoms with Crippen molar-refractivity contribution in [1.82, 2.24) is 4.57 Å². The Morgan fingerprint density at radius 2 is 2.03 bits per heavy atom. The number of furan rings is 1. The molecule has 3 heterocycles. The molecule has 2 aromatic heterocycles. The Labute approximate surface area is 202 Å². The number of aromatic nitrogens is 1. The van der Waals surface area contributed by atoms with Gasteiger partial charge < -0.3 is 9.15 Å². The number of thiazole rings is 1. The predicted octanol–water partition coefficient (Wildman–Crippen LogP) is 4.68. The van der Waals surface area contributed by atoms with E-state index in [1.54, 1.807) is 13.2 Å². The molecule has 0 saturated carbocycles. The monoisotopic (exact) mass is 518 g/mol. The Morgan fingerprint density at radius 3 is 2.85 bits per heavy atom. The zero-order chi connectivity index (χ0) is 22.5. The van der Waals surface area contributed by atoms with Gasteiger partial charge in [-0.1, -0.05) is 47.7 Å². The third kappa shape index (κ3) is 3.43. The van der Waals surface area contributed by atoms with Crippen LogP contribution in [-0.4, -0.2) is 11.7 Å². The Hall–Kier alpha value is -3.16. The summed E-state index contributed by atoms with van der Waals surface area (Å²) in [6.07, 6.45) is 3.57. The molecule has 164 valence electrons. The molecule has 1 atom stereocenters. The van der Waals surface area contributed by atoms with Crippen molar-refractivity contribution in [3.63, 3.8) is 0 Å². The van der Waals surface area contributed by atoms with E-state index >= 15 is 0 Å². The van der Waals surface area contributed by atoms with Gasteiger partial charge in [-0.25, -0.2) is 4.99 Å². The second-order valence-corrected chi connectivity index (χ2v) is 9.82. The Morgan fingerprint density at radius 1 is 1.15 bits per heavy atom. The van der Waals surface area contributed by atoms with Crippen LogP contribution in [0.5, 0.6) is 5.75 Å². The largest absolute Gasteiger partial charge is 0.497 e. The van der Waals surface area contributed by atoms with Gasteiger partial charge in [-0.2, -0.15) is 0 Å². The fraction of sp³-hybridized carbons (Fsp3) is 0.154. The summed E-state index contributed by atoms with van der Waals surface area (Å²) in [5.41, 5.74) is 5.55. The minimum Gasteiger partial charge on any atom is -0.497 e. The molecule has 0 radical (unpaired) electrons. The van der Waals surface area contributed by atoms with Crippen molar-refractivity contribution in [2.45, 2.75) is 18.9 Å². The Balaban J connectivity index is 1.64. The van der Waals surface area contributed by atoms with Crippen LogP contribution >= 0.6 is 27.3 Å². The summed E-state index contributed by atoms with van der Waals surface area (Å²) in [6, 6.07) is 19.8. The number of methoxy groups -OCH3 is 1. The van der Waals surface area contributed by atoms with Crippen LogP contribution in [0.2, 0.25) is 0 Å². The third-order valence-corrected chi connectivity index (χ3v) is 7.56. The van der Waals surface area contributed by atoms with E-state index in [-0.39, 0.29) is 11.6 Å². The van der Waals surface area contributed by atoms with Crippen LogP contribution in [0.25, 0.3) is 11.8 Å². The number of benzene rings is 2. The van der Waals surface area contributed by atoms with Crippen LogP contribution in [0.4, 0.5) is 0 Å². The van der Waals surface area contributed by atoms with Crippen molar-refractivity contribution in [2.75, 3.05) is 7.11 Å². The van der Waals surface area contributed by atoms with Crippen molar-refractivity contribution in [3.8, 4) is 5.75 Å². The van der Waals surface area contributed by atoms with E-state index in [4.69, 9.17) is 14.1 Å². The molecule has 0 bridgehead atoms. The van der Waals surface area contributed by atoms with Crippen LogP contribution < -0.4 is 19.6 Å². The smallest absolute Gasteiger partial charge is 0.271 e. The summed E-state index contributed by atoms with van der Waals surface area (Å²) in [4.78, 5) is 19.4. The van der Waals surface area contributed by atoms with Crippen molar-refractivity contribution in [2.24, 2.45) is 4.99 Å². The van der Waals surface area contributed by atoms with Gasteiger partial charge in [0.2, 0.25) is 0 Å². The molecule has 2 aromatic carbocycles. The molecular weight excluding hydrogens is 500 g/mol. The highest BCUT2D eigenvalue weighted by Gasteiger charge is 2.32. The second-order valence-electron chi connectivity index (χ2n) is 8.03. The van der Waals surface area contributed by atoms with E-state index in [1.165, 1.54) is 22.5 Å². The summed E-state index contributed by atoms with van der Waals surface area (Å²) >= 11 is 4.72. The van der Waals surface area contributed by atoms with E-state index in [2.05, 4.69) is 46.3 Å². The zero-order valence-electron chi connectivity index (χ0n) is 17.7. The van der Waals surface area contributed by atoms with Crippen LogP contribution in [0.3, 0.4) is 0 Å². The predicted molar refractivity (Wildman–Crippen MR) is 132 cm³/mol. The van der Waals surface area contributed by atoms with Crippen LogP contribution in [0.1, 0.15) is 34.9 Å². The first-order valence-electron chi connectivity index (χ1n) is 10.6. The zero-order valence-corrected chi connectivity index (χ0v) is 20.2. The number of ether oxygens (including phenoxy) is 1. The topological polar surface area (TPSA) is 56.7 Å². The lowest BCUT2D eigenvalue weighted by atomic mass is 9.83. The molecule has 4 aromatic rings. The average molecular weight is 519 g/mol. The molecule has 6 rings (SSSR count). The maximum atomic E-state index is 13.7. The van der Waals surface area contributed by atoms with E-state index in [1.807, 2.05) is 34.9 Å². The number of nitrogens with zero attached hydrogens (tertiary/aromatic N) is 2. The summed E-state index contributed by atoms with van der Waals surface area (Å²) in [5.74, 6) is 1.39. The van der Waals surface area contributed by atoms with Gasteiger partial charge in [-0.3, -0.25) is 9.36 Å². The minimum absolute atomic E-state index is 0.0653. The number of fused-ring (bicyclic) bond motifs is 3. The van der Waals surface area contributed by atoms with E-state index in [0.717, 1.165) is 35.4 Å². The molecule has 0 N–H and O–H groups in total. The molecule has 5 nitrogen and oxygen atoms in total. The maximum Gasteiger partial charge on any atom is 0.271 e. The highest BCUT2D eigenvalue weighted by molar-refractivity contribution is 9.10. The average Bonchev–Trinajstić information content (AvgIpc) is 3.40. The summed E-state index contributed by atoms with van der Waals surface area (Å²) < 4.78 is 14.2. The lowest BCUT2D eigenvalue weighted by molar-refractivity contribution is 0.413. The Kier molecular flexibility index (Phi) is 4.96. The van der Waals surface area contributed by atoms with E-state index in [9.17, 15) is 4.79 Å². The summed E-state index contributed by atoms with van der Waals surface area (Å²) in [6.45, 7) is 0. The fourth-order valence-corrected chi connectivity index (χ4v) is 5.97. The molecule has 0 amide bonds. The second kappa shape index (κ2) is 8.01. The van der Waals surface area contributed by atoms with E-state index < -0.39 is 0 Å². The molecular formula is C26H19BrN2O3S. The van der Waals surface area contributed by atoms with Gasteiger partial charge in [0.25, 0.3) is 5.56 Å². The van der Waals surface area contributed by atoms with E-state index in [0.29, 0.717) is 19.8 Å². The van der Waals surface area contributed by atoms with Gasteiger partial charge in [0.05, 0.1) is 23.4 Å². The van der Waals surface area contributed by atoms with Crippen molar-refractivity contribution in [1.29, 1.82) is 0 Å². The third-order valence-electron chi connectivity index (χ3n) is 6.15. The summed E-state index contributed by atoms with van der Waals surface area (Å²) in [7, 11) is 1.66. The molecule has 1 aliphatic heterocycles. The number of aryl methyl sites for hydroxylation is 1. The molecule has 33 heavy (non-hydrogen) atoms. The number of hydrogen-bond acceptors (Lipinski definition) is 5. The first kappa shape index (κ1) is 20.4. The van der Waals surface area contributed by atoms with Crippen LogP contribution in [0, 0.1) is 0 Å². The normalized spacial score (nSPS) is 17.3. The lowest BCUT2D eigenvalue weighted by Crippen LogP contribution is -2.38.